The van der Waals surface area contributed by atoms with Gasteiger partial charge in [-0.2, -0.15) is 0 Å². The summed E-state index contributed by atoms with van der Waals surface area (Å²) in [5.41, 5.74) is 0.468. The maximum absolute atomic E-state index is 13.4. The number of amides is 1. The van der Waals surface area contributed by atoms with E-state index < -0.39 is 23.4 Å². The monoisotopic (exact) mass is 343 g/mol. The van der Waals surface area contributed by atoms with Crippen molar-refractivity contribution in [3.63, 3.8) is 0 Å². The number of nitrogens with one attached hydrogen (secondary N) is 1. The molecule has 0 unspecified atom stereocenters. The highest BCUT2D eigenvalue weighted by atomic mass is 79.9. The van der Waals surface area contributed by atoms with Crippen molar-refractivity contribution in [2.75, 3.05) is 5.32 Å². The molecule has 1 amide bonds. The molecule has 0 radical (unpaired) electrons. The lowest BCUT2D eigenvalue weighted by Gasteiger charge is -2.07. The standard InChI is InChI=1S/C14H9BrF3NO/c15-11-7-10(3-4-12(11)17)19-14(20)5-8-1-2-9(16)6-13(8)18/h1-4,6-7H,5H2,(H,19,20). The van der Waals surface area contributed by atoms with Gasteiger partial charge in [0.1, 0.15) is 17.5 Å². The Morgan fingerprint density at radius 2 is 1.80 bits per heavy atom. The summed E-state index contributed by atoms with van der Waals surface area (Å²) in [7, 11) is 0. The van der Waals surface area contributed by atoms with Crippen molar-refractivity contribution in [1.82, 2.24) is 0 Å². The fourth-order valence-electron chi connectivity index (χ4n) is 1.62. The quantitative estimate of drug-likeness (QED) is 0.894. The zero-order valence-corrected chi connectivity index (χ0v) is 11.7. The zero-order chi connectivity index (χ0) is 14.7. The number of hydrogen-bond acceptors (Lipinski definition) is 1. The van der Waals surface area contributed by atoms with Crippen LogP contribution >= 0.6 is 15.9 Å². The molecule has 2 nitrogen and oxygen atoms in total. The molecule has 0 atom stereocenters. The molecule has 0 aromatic heterocycles. The highest BCUT2D eigenvalue weighted by Crippen LogP contribution is 2.20. The molecule has 104 valence electrons. The largest absolute Gasteiger partial charge is 0.326 e. The van der Waals surface area contributed by atoms with Crippen molar-refractivity contribution in [2.24, 2.45) is 0 Å². The first-order valence-electron chi connectivity index (χ1n) is 5.64. The molecule has 0 spiro atoms. The summed E-state index contributed by atoms with van der Waals surface area (Å²) in [6.45, 7) is 0. The maximum Gasteiger partial charge on any atom is 0.228 e. The topological polar surface area (TPSA) is 29.1 Å². The molecule has 0 aliphatic carbocycles. The first kappa shape index (κ1) is 14.6. The van der Waals surface area contributed by atoms with Gasteiger partial charge in [-0.25, -0.2) is 13.2 Å². The summed E-state index contributed by atoms with van der Waals surface area (Å²) in [5, 5.41) is 2.50. The Kier molecular flexibility index (Phi) is 4.44. The van der Waals surface area contributed by atoms with E-state index in [1.807, 2.05) is 0 Å². The molecule has 0 aliphatic heterocycles. The number of halogens is 4. The summed E-state index contributed by atoms with van der Waals surface area (Å²) in [6.07, 6.45) is -0.235. The number of benzene rings is 2. The lowest BCUT2D eigenvalue weighted by atomic mass is 10.1. The zero-order valence-electron chi connectivity index (χ0n) is 10.1. The molecule has 2 aromatic carbocycles. The lowest BCUT2D eigenvalue weighted by Crippen LogP contribution is -2.15. The number of anilines is 1. The van der Waals surface area contributed by atoms with Crippen molar-refractivity contribution in [2.45, 2.75) is 6.42 Å². The molecule has 0 saturated heterocycles. The molecular formula is C14H9BrF3NO. The van der Waals surface area contributed by atoms with E-state index in [9.17, 15) is 18.0 Å². The predicted octanol–water partition coefficient (Wildman–Crippen LogP) is 4.05. The number of hydrogen-bond donors (Lipinski definition) is 1. The fourth-order valence-corrected chi connectivity index (χ4v) is 2.00. The predicted molar refractivity (Wildman–Crippen MR) is 72.8 cm³/mol. The molecule has 0 heterocycles. The van der Waals surface area contributed by atoms with E-state index in [2.05, 4.69) is 21.2 Å². The third-order valence-corrected chi connectivity index (χ3v) is 3.18. The van der Waals surface area contributed by atoms with E-state index in [0.29, 0.717) is 5.69 Å². The minimum absolute atomic E-state index is 0.0880. The third-order valence-electron chi connectivity index (χ3n) is 2.57. The van der Waals surface area contributed by atoms with Crippen LogP contribution < -0.4 is 5.32 Å². The average Bonchev–Trinajstić information content (AvgIpc) is 2.37. The van der Waals surface area contributed by atoms with Gasteiger partial charge >= 0.3 is 0 Å². The van der Waals surface area contributed by atoms with Crippen LogP contribution in [0.5, 0.6) is 0 Å². The van der Waals surface area contributed by atoms with Crippen LogP contribution in [0, 0.1) is 17.5 Å². The fraction of sp³-hybridized carbons (Fsp3) is 0.0714. The van der Waals surface area contributed by atoms with Gasteiger partial charge in [-0.05, 0) is 45.8 Å². The van der Waals surface area contributed by atoms with Gasteiger partial charge in [-0.3, -0.25) is 4.79 Å². The minimum atomic E-state index is -0.777. The number of carbonyl (C=O) groups is 1. The second-order valence-corrected chi connectivity index (χ2v) is 4.94. The van der Waals surface area contributed by atoms with Crippen LogP contribution in [0.1, 0.15) is 5.56 Å². The molecular weight excluding hydrogens is 335 g/mol. The van der Waals surface area contributed by atoms with Crippen molar-refractivity contribution in [3.8, 4) is 0 Å². The molecule has 0 bridgehead atoms. The van der Waals surface area contributed by atoms with Gasteiger partial charge in [0.2, 0.25) is 5.91 Å². The van der Waals surface area contributed by atoms with Gasteiger partial charge in [0.15, 0.2) is 0 Å². The van der Waals surface area contributed by atoms with Crippen LogP contribution in [-0.4, -0.2) is 5.91 Å². The molecule has 0 fully saturated rings. The van der Waals surface area contributed by atoms with Crippen molar-refractivity contribution < 1.29 is 18.0 Å². The molecule has 6 heteroatoms. The second kappa shape index (κ2) is 6.09. The van der Waals surface area contributed by atoms with E-state index in [0.717, 1.165) is 12.1 Å². The van der Waals surface area contributed by atoms with Gasteiger partial charge in [-0.15, -0.1) is 0 Å². The van der Waals surface area contributed by atoms with Crippen LogP contribution in [0.4, 0.5) is 18.9 Å². The lowest BCUT2D eigenvalue weighted by molar-refractivity contribution is -0.115. The molecule has 0 saturated carbocycles. The minimum Gasteiger partial charge on any atom is -0.326 e. The van der Waals surface area contributed by atoms with Crippen molar-refractivity contribution in [1.29, 1.82) is 0 Å². The van der Waals surface area contributed by atoms with Gasteiger partial charge in [0.05, 0.1) is 10.9 Å². The van der Waals surface area contributed by atoms with Crippen molar-refractivity contribution in [3.05, 3.63) is 63.9 Å². The van der Waals surface area contributed by atoms with Gasteiger partial charge < -0.3 is 5.32 Å². The smallest absolute Gasteiger partial charge is 0.228 e. The van der Waals surface area contributed by atoms with Crippen LogP contribution in [0.15, 0.2) is 40.9 Å². The van der Waals surface area contributed by atoms with E-state index in [1.54, 1.807) is 0 Å². The summed E-state index contributed by atoms with van der Waals surface area (Å²) < 4.78 is 39.4. The number of rotatable bonds is 3. The molecule has 2 aromatic rings. The second-order valence-electron chi connectivity index (χ2n) is 4.09. The summed E-state index contributed by atoms with van der Waals surface area (Å²) in [4.78, 5) is 11.7. The Hall–Kier alpha value is -1.82. The Morgan fingerprint density at radius 3 is 2.45 bits per heavy atom. The Morgan fingerprint density at radius 1 is 1.05 bits per heavy atom. The number of carbonyl (C=O) groups excluding carboxylic acids is 1. The highest BCUT2D eigenvalue weighted by Gasteiger charge is 2.10. The van der Waals surface area contributed by atoms with E-state index >= 15 is 0 Å². The molecule has 2 rings (SSSR count). The summed E-state index contributed by atoms with van der Waals surface area (Å²) >= 11 is 2.99. The van der Waals surface area contributed by atoms with E-state index in [4.69, 9.17) is 0 Å². The SMILES string of the molecule is O=C(Cc1ccc(F)cc1F)Nc1ccc(F)c(Br)c1. The first-order chi connectivity index (χ1) is 9.45. The van der Waals surface area contributed by atoms with Crippen LogP contribution in [0.2, 0.25) is 0 Å². The summed E-state index contributed by atoms with van der Waals surface area (Å²) in [5.74, 6) is -2.41. The Bertz CT molecular complexity index is 661. The Balaban J connectivity index is 2.07. The molecule has 1 N–H and O–H groups in total. The van der Waals surface area contributed by atoms with E-state index in [-0.39, 0.29) is 16.5 Å². The molecule has 20 heavy (non-hydrogen) atoms. The summed E-state index contributed by atoms with van der Waals surface area (Å²) in [6, 6.07) is 6.99. The van der Waals surface area contributed by atoms with Crippen LogP contribution in [0.3, 0.4) is 0 Å². The van der Waals surface area contributed by atoms with Gasteiger partial charge in [0, 0.05) is 11.8 Å². The maximum atomic E-state index is 13.4. The average molecular weight is 344 g/mol. The molecule has 0 aliphatic rings. The first-order valence-corrected chi connectivity index (χ1v) is 6.44. The van der Waals surface area contributed by atoms with Crippen LogP contribution in [0.25, 0.3) is 0 Å². The normalized spacial score (nSPS) is 10.4. The van der Waals surface area contributed by atoms with Gasteiger partial charge in [0.25, 0.3) is 0 Å². The van der Waals surface area contributed by atoms with Crippen molar-refractivity contribution >= 4 is 27.5 Å². The third kappa shape index (κ3) is 3.60. The Labute approximate surface area is 121 Å². The van der Waals surface area contributed by atoms with Crippen LogP contribution in [-0.2, 0) is 11.2 Å². The van der Waals surface area contributed by atoms with Gasteiger partial charge in [-0.1, -0.05) is 6.07 Å². The highest BCUT2D eigenvalue weighted by molar-refractivity contribution is 9.10. The van der Waals surface area contributed by atoms with E-state index in [1.165, 1.54) is 24.3 Å².